The van der Waals surface area contributed by atoms with Gasteiger partial charge in [-0.15, -0.1) is 0 Å². The molecule has 1 aliphatic carbocycles. The van der Waals surface area contributed by atoms with E-state index in [1.807, 2.05) is 6.92 Å². The summed E-state index contributed by atoms with van der Waals surface area (Å²) in [5, 5.41) is 0. The highest BCUT2D eigenvalue weighted by atomic mass is 79.9. The van der Waals surface area contributed by atoms with Crippen molar-refractivity contribution in [3.8, 4) is 0 Å². The molecule has 5 nitrogen and oxygen atoms in total. The van der Waals surface area contributed by atoms with E-state index in [2.05, 4.69) is 25.4 Å². The summed E-state index contributed by atoms with van der Waals surface area (Å²) in [7, 11) is -2.33. The Labute approximate surface area is 133 Å². The van der Waals surface area contributed by atoms with Crippen molar-refractivity contribution in [2.45, 2.75) is 37.1 Å². The van der Waals surface area contributed by atoms with Gasteiger partial charge in [0.15, 0.2) is 0 Å². The minimum atomic E-state index is -3.64. The molecule has 1 fully saturated rings. The maximum absolute atomic E-state index is 12.4. The minimum Gasteiger partial charge on any atom is -0.469 e. The van der Waals surface area contributed by atoms with Crippen LogP contribution in [0.4, 0.5) is 0 Å². The molecule has 0 aliphatic heterocycles. The van der Waals surface area contributed by atoms with Crippen LogP contribution in [0.5, 0.6) is 0 Å². The van der Waals surface area contributed by atoms with Crippen LogP contribution in [0.2, 0.25) is 0 Å². The number of rotatable bonds is 6. The van der Waals surface area contributed by atoms with E-state index >= 15 is 0 Å². The number of halogens is 1. The van der Waals surface area contributed by atoms with Gasteiger partial charge in [0.05, 0.1) is 18.4 Å². The lowest BCUT2D eigenvalue weighted by Crippen LogP contribution is -2.38. The minimum absolute atomic E-state index is 0.0654. The van der Waals surface area contributed by atoms with Gasteiger partial charge < -0.3 is 4.74 Å². The van der Waals surface area contributed by atoms with Gasteiger partial charge in [-0.3, -0.25) is 4.79 Å². The van der Waals surface area contributed by atoms with Crippen LogP contribution in [-0.2, 0) is 19.6 Å². The van der Waals surface area contributed by atoms with Crippen LogP contribution in [0.1, 0.15) is 24.8 Å². The van der Waals surface area contributed by atoms with E-state index in [4.69, 9.17) is 0 Å². The van der Waals surface area contributed by atoms with Crippen molar-refractivity contribution in [2.24, 2.45) is 5.92 Å². The molecular formula is C14H18BrNO4S. The van der Waals surface area contributed by atoms with Crippen molar-refractivity contribution < 1.29 is 17.9 Å². The maximum Gasteiger partial charge on any atom is 0.307 e. The summed E-state index contributed by atoms with van der Waals surface area (Å²) in [6, 6.07) is 4.46. The number of hydrogen-bond donors (Lipinski definition) is 1. The third-order valence-electron chi connectivity index (χ3n) is 3.55. The summed E-state index contributed by atoms with van der Waals surface area (Å²) in [6.45, 7) is 1.83. The fourth-order valence-electron chi connectivity index (χ4n) is 2.12. The second-order valence-electron chi connectivity index (χ2n) is 5.26. The quantitative estimate of drug-likeness (QED) is 0.774. The predicted molar refractivity (Wildman–Crippen MR) is 82.3 cm³/mol. The van der Waals surface area contributed by atoms with Crippen molar-refractivity contribution in [1.82, 2.24) is 4.72 Å². The summed E-state index contributed by atoms with van der Waals surface area (Å²) in [6.07, 6.45) is 1.93. The summed E-state index contributed by atoms with van der Waals surface area (Å²) in [4.78, 5) is 11.6. The van der Waals surface area contributed by atoms with E-state index in [9.17, 15) is 13.2 Å². The molecule has 21 heavy (non-hydrogen) atoms. The monoisotopic (exact) mass is 375 g/mol. The molecular weight excluding hydrogens is 358 g/mol. The molecule has 1 saturated carbocycles. The first-order valence-electron chi connectivity index (χ1n) is 6.69. The first-order valence-corrected chi connectivity index (χ1v) is 8.96. The van der Waals surface area contributed by atoms with Gasteiger partial charge >= 0.3 is 5.97 Å². The second-order valence-corrected chi connectivity index (χ2v) is 7.82. The summed E-state index contributed by atoms with van der Waals surface area (Å²) < 4.78 is 33.0. The molecule has 1 aromatic rings. The van der Waals surface area contributed by atoms with Gasteiger partial charge in [-0.25, -0.2) is 13.1 Å². The van der Waals surface area contributed by atoms with E-state index in [1.54, 1.807) is 18.2 Å². The lowest BCUT2D eigenvalue weighted by atomic mass is 10.1. The van der Waals surface area contributed by atoms with Gasteiger partial charge in [0.25, 0.3) is 0 Å². The highest BCUT2D eigenvalue weighted by Gasteiger charge is 2.36. The van der Waals surface area contributed by atoms with Crippen LogP contribution in [-0.4, -0.2) is 27.5 Å². The van der Waals surface area contributed by atoms with Crippen LogP contribution in [0.25, 0.3) is 0 Å². The predicted octanol–water partition coefficient (Wildman–Crippen LogP) is 2.38. The largest absolute Gasteiger partial charge is 0.469 e. The first-order chi connectivity index (χ1) is 9.83. The highest BCUT2D eigenvalue weighted by Crippen LogP contribution is 2.35. The first kappa shape index (κ1) is 16.5. The van der Waals surface area contributed by atoms with Gasteiger partial charge in [-0.05, 0) is 49.4 Å². The van der Waals surface area contributed by atoms with Crippen LogP contribution < -0.4 is 4.72 Å². The Morgan fingerprint density at radius 1 is 1.48 bits per heavy atom. The van der Waals surface area contributed by atoms with Crippen LogP contribution in [0.3, 0.4) is 0 Å². The fourth-order valence-corrected chi connectivity index (χ4v) is 3.75. The van der Waals surface area contributed by atoms with E-state index in [0.717, 1.165) is 22.9 Å². The summed E-state index contributed by atoms with van der Waals surface area (Å²) >= 11 is 3.35. The SMILES string of the molecule is COC(=O)CC(NS(=O)(=O)c1ccc(Br)c(C)c1)C1CC1. The molecule has 0 heterocycles. The topological polar surface area (TPSA) is 72.5 Å². The van der Waals surface area contributed by atoms with Crippen LogP contribution in [0.15, 0.2) is 27.6 Å². The molecule has 0 amide bonds. The molecule has 2 rings (SSSR count). The molecule has 1 N–H and O–H groups in total. The molecule has 116 valence electrons. The van der Waals surface area contributed by atoms with Crippen molar-refractivity contribution in [3.63, 3.8) is 0 Å². The lowest BCUT2D eigenvalue weighted by Gasteiger charge is -2.17. The lowest BCUT2D eigenvalue weighted by molar-refractivity contribution is -0.141. The van der Waals surface area contributed by atoms with Gasteiger partial charge in [-0.2, -0.15) is 0 Å². The number of sulfonamides is 1. The van der Waals surface area contributed by atoms with Gasteiger partial charge in [0.1, 0.15) is 0 Å². The molecule has 7 heteroatoms. The Bertz CT molecular complexity index is 640. The number of hydrogen-bond acceptors (Lipinski definition) is 4. The number of benzene rings is 1. The Kier molecular flexibility index (Phi) is 5.06. The summed E-state index contributed by atoms with van der Waals surface area (Å²) in [5.41, 5.74) is 0.841. The van der Waals surface area contributed by atoms with Gasteiger partial charge in [-0.1, -0.05) is 15.9 Å². The van der Waals surface area contributed by atoms with E-state index in [1.165, 1.54) is 7.11 Å². The fraction of sp³-hybridized carbons (Fsp3) is 0.500. The zero-order valence-corrected chi connectivity index (χ0v) is 14.3. The number of carbonyl (C=O) groups is 1. The molecule has 1 aliphatic rings. The smallest absolute Gasteiger partial charge is 0.307 e. The van der Waals surface area contributed by atoms with E-state index < -0.39 is 22.0 Å². The Hall–Kier alpha value is -0.920. The number of aryl methyl sites for hydroxylation is 1. The zero-order valence-electron chi connectivity index (χ0n) is 11.9. The summed E-state index contributed by atoms with van der Waals surface area (Å²) in [5.74, 6) is -0.183. The average Bonchev–Trinajstić information content (AvgIpc) is 3.25. The normalized spacial score (nSPS) is 16.5. The number of methoxy groups -OCH3 is 1. The third kappa shape index (κ3) is 4.28. The van der Waals surface area contributed by atoms with Crippen molar-refractivity contribution in [1.29, 1.82) is 0 Å². The maximum atomic E-state index is 12.4. The van der Waals surface area contributed by atoms with E-state index in [-0.39, 0.29) is 17.2 Å². The molecule has 1 atom stereocenters. The van der Waals surface area contributed by atoms with Gasteiger partial charge in [0, 0.05) is 10.5 Å². The molecule has 1 aromatic carbocycles. The Balaban J connectivity index is 2.17. The molecule has 0 spiro atoms. The van der Waals surface area contributed by atoms with Crippen LogP contribution >= 0.6 is 15.9 Å². The highest BCUT2D eigenvalue weighted by molar-refractivity contribution is 9.10. The van der Waals surface area contributed by atoms with Crippen molar-refractivity contribution >= 4 is 31.9 Å². The standard InChI is InChI=1S/C14H18BrNO4S/c1-9-7-11(5-6-12(9)15)21(18,19)16-13(10-3-4-10)8-14(17)20-2/h5-7,10,13,16H,3-4,8H2,1-2H3. The van der Waals surface area contributed by atoms with Crippen LogP contribution in [0, 0.1) is 12.8 Å². The van der Waals surface area contributed by atoms with Crippen molar-refractivity contribution in [2.75, 3.05) is 7.11 Å². The number of nitrogens with one attached hydrogen (secondary N) is 1. The zero-order chi connectivity index (χ0) is 15.6. The molecule has 1 unspecified atom stereocenters. The number of ether oxygens (including phenoxy) is 1. The second kappa shape index (κ2) is 6.46. The molecule has 0 bridgehead atoms. The van der Waals surface area contributed by atoms with Crippen molar-refractivity contribution in [3.05, 3.63) is 28.2 Å². The van der Waals surface area contributed by atoms with E-state index in [0.29, 0.717) is 0 Å². The number of carbonyl (C=O) groups excluding carboxylic acids is 1. The molecule has 0 aromatic heterocycles. The molecule has 0 radical (unpaired) electrons. The Morgan fingerprint density at radius 2 is 2.14 bits per heavy atom. The Morgan fingerprint density at radius 3 is 2.67 bits per heavy atom. The van der Waals surface area contributed by atoms with Gasteiger partial charge in [0.2, 0.25) is 10.0 Å². The third-order valence-corrected chi connectivity index (χ3v) is 5.93. The number of esters is 1. The average molecular weight is 376 g/mol. The molecule has 0 saturated heterocycles.